The Bertz CT molecular complexity index is 173. The highest BCUT2D eigenvalue weighted by Crippen LogP contribution is 2.26. The molecule has 1 unspecified atom stereocenters. The van der Waals surface area contributed by atoms with Gasteiger partial charge in [0.2, 0.25) is 0 Å². The van der Waals surface area contributed by atoms with Gasteiger partial charge in [0, 0.05) is 6.42 Å². The molecule has 2 heteroatoms. The number of carbonyl (C=O) groups excluding carboxylic acids is 1. The zero-order chi connectivity index (χ0) is 6.15. The van der Waals surface area contributed by atoms with E-state index in [0.717, 1.165) is 5.57 Å². The number of Topliss-reactive ketones (excluding diaryl/α,β-unsaturated/α-hetero) is 1. The third-order valence-corrected chi connectivity index (χ3v) is 1.26. The number of carbonyl (C=O) groups is 1. The molecule has 0 spiro atoms. The fraction of sp³-hybridized carbons (Fsp3) is 0.333. The van der Waals surface area contributed by atoms with Gasteiger partial charge in [-0.05, 0) is 5.57 Å². The Morgan fingerprint density at radius 3 is 2.62 bits per heavy atom. The minimum atomic E-state index is -0.477. The molecule has 1 saturated carbocycles. The third kappa shape index (κ3) is 0.448. The van der Waals surface area contributed by atoms with Crippen LogP contribution in [0.15, 0.2) is 12.2 Å². The highest BCUT2D eigenvalue weighted by atomic mass is 16.1. The summed E-state index contributed by atoms with van der Waals surface area (Å²) in [6, 6.07) is 1.85. The Kier molecular flexibility index (Phi) is 0.911. The minimum absolute atomic E-state index is 0.0116. The first-order chi connectivity index (χ1) is 3.75. The molecule has 0 N–H and O–H groups in total. The molecule has 1 atom stereocenters. The van der Waals surface area contributed by atoms with Gasteiger partial charge >= 0.3 is 0 Å². The Hall–Kier alpha value is -1.10. The van der Waals surface area contributed by atoms with E-state index >= 15 is 0 Å². The summed E-state index contributed by atoms with van der Waals surface area (Å²) in [7, 11) is 0. The summed E-state index contributed by atoms with van der Waals surface area (Å²) < 4.78 is 0. The van der Waals surface area contributed by atoms with Crippen molar-refractivity contribution in [1.29, 1.82) is 5.26 Å². The van der Waals surface area contributed by atoms with Crippen LogP contribution in [0.4, 0.5) is 0 Å². The van der Waals surface area contributed by atoms with E-state index < -0.39 is 5.92 Å². The molecule has 1 rings (SSSR count). The average Bonchev–Trinajstić information content (AvgIpc) is 1.67. The Balaban J connectivity index is 2.69. The summed E-state index contributed by atoms with van der Waals surface area (Å²) in [5, 5.41) is 8.20. The fourth-order valence-corrected chi connectivity index (χ4v) is 0.688. The first-order valence-corrected chi connectivity index (χ1v) is 2.35. The van der Waals surface area contributed by atoms with Gasteiger partial charge < -0.3 is 0 Å². The molecular formula is C6H5NO. The number of ketones is 1. The number of hydrogen-bond donors (Lipinski definition) is 0. The van der Waals surface area contributed by atoms with Crippen molar-refractivity contribution in [3.8, 4) is 6.07 Å². The predicted octanol–water partition coefficient (Wildman–Crippen LogP) is 0.655. The molecule has 0 aromatic heterocycles. The van der Waals surface area contributed by atoms with Crippen LogP contribution in [0, 0.1) is 17.2 Å². The van der Waals surface area contributed by atoms with Crippen LogP contribution in [0.3, 0.4) is 0 Å². The Labute approximate surface area is 47.4 Å². The zero-order valence-corrected chi connectivity index (χ0v) is 4.35. The fourth-order valence-electron chi connectivity index (χ4n) is 0.688. The lowest BCUT2D eigenvalue weighted by Crippen LogP contribution is -2.26. The first kappa shape index (κ1) is 5.04. The van der Waals surface area contributed by atoms with E-state index in [2.05, 4.69) is 6.58 Å². The second-order valence-corrected chi connectivity index (χ2v) is 1.86. The van der Waals surface area contributed by atoms with E-state index in [4.69, 9.17) is 5.26 Å². The maximum atomic E-state index is 10.4. The van der Waals surface area contributed by atoms with E-state index in [1.807, 2.05) is 6.07 Å². The lowest BCUT2D eigenvalue weighted by atomic mass is 9.80. The number of rotatable bonds is 0. The summed E-state index contributed by atoms with van der Waals surface area (Å²) in [5.74, 6) is -0.465. The smallest absolute Gasteiger partial charge is 0.158 e. The van der Waals surface area contributed by atoms with Crippen molar-refractivity contribution in [2.75, 3.05) is 0 Å². The van der Waals surface area contributed by atoms with Gasteiger partial charge in [0.25, 0.3) is 0 Å². The second kappa shape index (κ2) is 1.45. The summed E-state index contributed by atoms with van der Waals surface area (Å²) in [6.07, 6.45) is 0.415. The molecule has 0 saturated heterocycles. The topological polar surface area (TPSA) is 40.9 Å². The molecule has 1 aliphatic rings. The summed E-state index contributed by atoms with van der Waals surface area (Å²) in [5.41, 5.74) is 0.762. The molecule has 0 bridgehead atoms. The van der Waals surface area contributed by atoms with Crippen LogP contribution in [-0.2, 0) is 4.79 Å². The standard InChI is InChI=1S/C6H5NO/c1-4-2-6(8)5(4)3-7/h5H,1-2H2. The van der Waals surface area contributed by atoms with E-state index in [1.165, 1.54) is 0 Å². The third-order valence-electron chi connectivity index (χ3n) is 1.26. The molecule has 0 aromatic carbocycles. The minimum Gasteiger partial charge on any atom is -0.297 e. The van der Waals surface area contributed by atoms with Gasteiger partial charge in [0.05, 0.1) is 6.07 Å². The maximum Gasteiger partial charge on any atom is 0.158 e. The van der Waals surface area contributed by atoms with E-state index in [9.17, 15) is 4.79 Å². The molecule has 1 fully saturated rings. The second-order valence-electron chi connectivity index (χ2n) is 1.86. The van der Waals surface area contributed by atoms with E-state index in [-0.39, 0.29) is 5.78 Å². The maximum absolute atomic E-state index is 10.4. The number of hydrogen-bond acceptors (Lipinski definition) is 2. The van der Waals surface area contributed by atoms with Crippen LogP contribution < -0.4 is 0 Å². The van der Waals surface area contributed by atoms with Crippen molar-refractivity contribution in [3.05, 3.63) is 12.2 Å². The number of nitriles is 1. The summed E-state index contributed by atoms with van der Waals surface area (Å²) in [6.45, 7) is 3.52. The van der Waals surface area contributed by atoms with Gasteiger partial charge in [-0.15, -0.1) is 0 Å². The molecule has 0 aliphatic heterocycles. The van der Waals surface area contributed by atoms with Gasteiger partial charge in [-0.25, -0.2) is 0 Å². The Morgan fingerprint density at radius 1 is 1.88 bits per heavy atom. The quantitative estimate of drug-likeness (QED) is 0.426. The molecular weight excluding hydrogens is 102 g/mol. The van der Waals surface area contributed by atoms with Gasteiger partial charge in [0.15, 0.2) is 5.78 Å². The van der Waals surface area contributed by atoms with Gasteiger partial charge in [-0.3, -0.25) is 4.79 Å². The van der Waals surface area contributed by atoms with Gasteiger partial charge in [-0.2, -0.15) is 5.26 Å². The van der Waals surface area contributed by atoms with Crippen molar-refractivity contribution in [3.63, 3.8) is 0 Å². The SMILES string of the molecule is C=C1CC(=O)C1C#N. The van der Waals surface area contributed by atoms with Gasteiger partial charge in [0.1, 0.15) is 5.92 Å². The highest BCUT2D eigenvalue weighted by Gasteiger charge is 2.31. The summed E-state index contributed by atoms with van der Waals surface area (Å²) in [4.78, 5) is 10.4. The zero-order valence-electron chi connectivity index (χ0n) is 4.35. The van der Waals surface area contributed by atoms with E-state index in [1.54, 1.807) is 0 Å². The van der Waals surface area contributed by atoms with Crippen LogP contribution in [0.5, 0.6) is 0 Å². The molecule has 0 heterocycles. The normalized spacial score (nSPS) is 26.6. The number of nitrogens with zero attached hydrogens (tertiary/aromatic N) is 1. The number of allylic oxidation sites excluding steroid dienone is 1. The predicted molar refractivity (Wildman–Crippen MR) is 27.9 cm³/mol. The molecule has 2 nitrogen and oxygen atoms in total. The molecule has 40 valence electrons. The summed E-state index contributed by atoms with van der Waals surface area (Å²) >= 11 is 0. The molecule has 0 radical (unpaired) electrons. The van der Waals surface area contributed by atoms with Crippen LogP contribution >= 0.6 is 0 Å². The largest absolute Gasteiger partial charge is 0.297 e. The Morgan fingerprint density at radius 2 is 2.50 bits per heavy atom. The van der Waals surface area contributed by atoms with E-state index in [0.29, 0.717) is 6.42 Å². The van der Waals surface area contributed by atoms with Crippen LogP contribution in [0.25, 0.3) is 0 Å². The molecule has 0 amide bonds. The lowest BCUT2D eigenvalue weighted by Gasteiger charge is -2.19. The molecule has 1 aliphatic carbocycles. The van der Waals surface area contributed by atoms with Crippen molar-refractivity contribution < 1.29 is 4.79 Å². The highest BCUT2D eigenvalue weighted by molar-refractivity contribution is 5.95. The van der Waals surface area contributed by atoms with Crippen molar-refractivity contribution >= 4 is 5.78 Å². The van der Waals surface area contributed by atoms with Crippen molar-refractivity contribution in [2.24, 2.45) is 5.92 Å². The van der Waals surface area contributed by atoms with Crippen LogP contribution in [0.1, 0.15) is 6.42 Å². The lowest BCUT2D eigenvalue weighted by molar-refractivity contribution is -0.123. The molecule has 0 aromatic rings. The van der Waals surface area contributed by atoms with Crippen LogP contribution in [0.2, 0.25) is 0 Å². The van der Waals surface area contributed by atoms with Crippen molar-refractivity contribution in [1.82, 2.24) is 0 Å². The average molecular weight is 107 g/mol. The van der Waals surface area contributed by atoms with Crippen LogP contribution in [-0.4, -0.2) is 5.78 Å². The van der Waals surface area contributed by atoms with Gasteiger partial charge in [-0.1, -0.05) is 6.58 Å². The van der Waals surface area contributed by atoms with Crippen molar-refractivity contribution in [2.45, 2.75) is 6.42 Å². The first-order valence-electron chi connectivity index (χ1n) is 2.35. The monoisotopic (exact) mass is 107 g/mol. The molecule has 8 heavy (non-hydrogen) atoms.